The Morgan fingerprint density at radius 2 is 1.46 bits per heavy atom. The van der Waals surface area contributed by atoms with Gasteiger partial charge in [-0.1, -0.05) is 13.8 Å². The van der Waals surface area contributed by atoms with Gasteiger partial charge in [0.25, 0.3) is 0 Å². The van der Waals surface area contributed by atoms with E-state index in [4.69, 9.17) is 9.47 Å². The molecule has 0 fully saturated rings. The number of hydrogen-bond donors (Lipinski definition) is 0. The van der Waals surface area contributed by atoms with Gasteiger partial charge in [0.1, 0.15) is 5.82 Å². The second-order valence-electron chi connectivity index (χ2n) is 6.03. The first-order valence-corrected chi connectivity index (χ1v) is 7.85. The lowest BCUT2D eigenvalue weighted by Crippen LogP contribution is -2.41. The molecule has 0 aliphatic rings. The van der Waals surface area contributed by atoms with Gasteiger partial charge < -0.3 is 9.47 Å². The minimum absolute atomic E-state index is 0.0824. The van der Waals surface area contributed by atoms with E-state index in [1.165, 1.54) is 24.3 Å². The van der Waals surface area contributed by atoms with Gasteiger partial charge >= 0.3 is 11.9 Å². The summed E-state index contributed by atoms with van der Waals surface area (Å²) in [5, 5.41) is 0. The fraction of sp³-hybridized carbons (Fsp3) is 0.500. The van der Waals surface area contributed by atoms with Crippen LogP contribution < -0.4 is 0 Å². The lowest BCUT2D eigenvalue weighted by molar-refractivity contribution is -0.167. The topological polar surface area (TPSA) is 69.7 Å². The van der Waals surface area contributed by atoms with Crippen LogP contribution in [-0.4, -0.2) is 30.9 Å². The summed E-state index contributed by atoms with van der Waals surface area (Å²) >= 11 is 0. The van der Waals surface area contributed by atoms with Crippen molar-refractivity contribution in [1.29, 1.82) is 0 Å². The van der Waals surface area contributed by atoms with Crippen LogP contribution in [0.3, 0.4) is 0 Å². The van der Waals surface area contributed by atoms with Crippen LogP contribution >= 0.6 is 0 Å². The summed E-state index contributed by atoms with van der Waals surface area (Å²) in [5.74, 6) is -3.37. The first-order valence-electron chi connectivity index (χ1n) is 7.85. The van der Waals surface area contributed by atoms with E-state index < -0.39 is 29.1 Å². The molecule has 1 rings (SSSR count). The minimum Gasteiger partial charge on any atom is -0.465 e. The Morgan fingerprint density at radius 1 is 1.00 bits per heavy atom. The fourth-order valence-electron chi connectivity index (χ4n) is 2.44. The van der Waals surface area contributed by atoms with Crippen LogP contribution in [-0.2, 0) is 19.1 Å². The van der Waals surface area contributed by atoms with E-state index in [0.717, 1.165) is 0 Å². The molecule has 0 atom stereocenters. The maximum atomic E-state index is 13.0. The lowest BCUT2D eigenvalue weighted by Gasteiger charge is -2.30. The van der Waals surface area contributed by atoms with Gasteiger partial charge in [-0.2, -0.15) is 0 Å². The molecule has 0 N–H and O–H groups in total. The summed E-state index contributed by atoms with van der Waals surface area (Å²) in [6.45, 7) is 6.78. The molecule has 5 nitrogen and oxygen atoms in total. The van der Waals surface area contributed by atoms with E-state index in [0.29, 0.717) is 5.56 Å². The first-order chi connectivity index (χ1) is 11.2. The van der Waals surface area contributed by atoms with Crippen molar-refractivity contribution < 1.29 is 28.2 Å². The summed E-state index contributed by atoms with van der Waals surface area (Å²) in [5.41, 5.74) is -0.694. The molecule has 0 aromatic heterocycles. The van der Waals surface area contributed by atoms with Gasteiger partial charge in [-0.3, -0.25) is 14.4 Å². The van der Waals surface area contributed by atoms with Gasteiger partial charge in [0.15, 0.2) is 11.7 Å². The largest absolute Gasteiger partial charge is 0.465 e. The van der Waals surface area contributed by atoms with Crippen molar-refractivity contribution in [2.45, 2.75) is 34.1 Å². The highest BCUT2D eigenvalue weighted by atomic mass is 19.1. The molecule has 0 bridgehead atoms. The number of hydrogen-bond acceptors (Lipinski definition) is 5. The summed E-state index contributed by atoms with van der Waals surface area (Å²) in [7, 11) is 0. The second kappa shape index (κ2) is 8.57. The van der Waals surface area contributed by atoms with Crippen LogP contribution in [0, 0.1) is 17.2 Å². The molecule has 0 unspecified atom stereocenters. The van der Waals surface area contributed by atoms with Crippen LogP contribution in [0.15, 0.2) is 24.3 Å². The number of benzene rings is 1. The Morgan fingerprint density at radius 3 is 1.88 bits per heavy atom. The predicted molar refractivity (Wildman–Crippen MR) is 85.9 cm³/mol. The highest BCUT2D eigenvalue weighted by Crippen LogP contribution is 2.34. The predicted octanol–water partition coefficient (Wildman–Crippen LogP) is 3.17. The zero-order valence-electron chi connectivity index (χ0n) is 14.4. The molecule has 6 heteroatoms. The van der Waals surface area contributed by atoms with Crippen molar-refractivity contribution in [2.75, 3.05) is 13.2 Å². The van der Waals surface area contributed by atoms with Crippen molar-refractivity contribution in [1.82, 2.24) is 0 Å². The van der Waals surface area contributed by atoms with Gasteiger partial charge in [-0.25, -0.2) is 4.39 Å². The molecule has 0 saturated carbocycles. The Bertz CT molecular complexity index is 574. The highest BCUT2D eigenvalue weighted by molar-refractivity contribution is 5.99. The van der Waals surface area contributed by atoms with Gasteiger partial charge in [0, 0.05) is 12.0 Å². The van der Waals surface area contributed by atoms with Crippen LogP contribution in [0.2, 0.25) is 0 Å². The number of esters is 2. The average molecular weight is 338 g/mol. The van der Waals surface area contributed by atoms with Gasteiger partial charge in [0.2, 0.25) is 0 Å². The number of carbonyl (C=O) groups excluding carboxylic acids is 3. The van der Waals surface area contributed by atoms with E-state index in [-0.39, 0.29) is 25.4 Å². The lowest BCUT2D eigenvalue weighted by atomic mass is 9.74. The zero-order valence-corrected chi connectivity index (χ0v) is 14.4. The van der Waals surface area contributed by atoms with E-state index in [1.54, 1.807) is 27.7 Å². The normalized spacial score (nSPS) is 11.2. The van der Waals surface area contributed by atoms with Crippen molar-refractivity contribution in [2.24, 2.45) is 11.3 Å². The van der Waals surface area contributed by atoms with Crippen molar-refractivity contribution in [3.8, 4) is 0 Å². The Labute approximate surface area is 141 Å². The van der Waals surface area contributed by atoms with Crippen LogP contribution in [0.5, 0.6) is 0 Å². The molecule has 0 aliphatic heterocycles. The molecule has 132 valence electrons. The molecule has 0 aliphatic carbocycles. The Hall–Kier alpha value is -2.24. The monoisotopic (exact) mass is 338 g/mol. The Balaban J connectivity index is 3.01. The van der Waals surface area contributed by atoms with Gasteiger partial charge in [0.05, 0.1) is 13.2 Å². The molecule has 1 aromatic carbocycles. The van der Waals surface area contributed by atoms with Crippen LogP contribution in [0.1, 0.15) is 44.5 Å². The van der Waals surface area contributed by atoms with Crippen LogP contribution in [0.25, 0.3) is 0 Å². The third-order valence-corrected chi connectivity index (χ3v) is 3.61. The number of rotatable bonds is 8. The molecular formula is C18H23FO5. The van der Waals surface area contributed by atoms with Gasteiger partial charge in [-0.05, 0) is 43.5 Å². The molecule has 0 spiro atoms. The van der Waals surface area contributed by atoms with E-state index >= 15 is 0 Å². The molecule has 0 saturated heterocycles. The van der Waals surface area contributed by atoms with E-state index in [2.05, 4.69) is 0 Å². The second-order valence-corrected chi connectivity index (χ2v) is 6.03. The average Bonchev–Trinajstić information content (AvgIpc) is 2.47. The van der Waals surface area contributed by atoms with E-state index in [1.807, 2.05) is 0 Å². The quantitative estimate of drug-likeness (QED) is 0.414. The number of halogens is 1. The number of carbonyl (C=O) groups is 3. The molecule has 0 amide bonds. The first kappa shape index (κ1) is 19.8. The van der Waals surface area contributed by atoms with E-state index in [9.17, 15) is 18.8 Å². The Kier molecular flexibility index (Phi) is 7.07. The molecular weight excluding hydrogens is 315 g/mol. The number of Topliss-reactive ketones (excluding diaryl/α,β-unsaturated/α-hetero) is 1. The molecule has 24 heavy (non-hydrogen) atoms. The molecule has 0 radical (unpaired) electrons. The molecule has 1 aromatic rings. The van der Waals surface area contributed by atoms with Gasteiger partial charge in [-0.15, -0.1) is 0 Å². The summed E-state index contributed by atoms with van der Waals surface area (Å²) in [6.07, 6.45) is -0.0824. The maximum Gasteiger partial charge on any atom is 0.320 e. The van der Waals surface area contributed by atoms with Crippen LogP contribution in [0.4, 0.5) is 4.39 Å². The standard InChI is InChI=1S/C18H23FO5/c1-5-23-16(21)15(17(22)24-6-2)18(3,4)11-14(20)12-7-9-13(19)10-8-12/h7-10,15H,5-6,11H2,1-4H3. The number of ketones is 1. The fourth-order valence-corrected chi connectivity index (χ4v) is 2.44. The highest BCUT2D eigenvalue weighted by Gasteiger charge is 2.44. The summed E-state index contributed by atoms with van der Waals surface area (Å²) < 4.78 is 22.9. The minimum atomic E-state index is -1.21. The summed E-state index contributed by atoms with van der Waals surface area (Å²) in [4.78, 5) is 36.8. The molecule has 0 heterocycles. The maximum absolute atomic E-state index is 13.0. The van der Waals surface area contributed by atoms with Crippen molar-refractivity contribution in [3.05, 3.63) is 35.6 Å². The van der Waals surface area contributed by atoms with Crippen molar-refractivity contribution in [3.63, 3.8) is 0 Å². The third-order valence-electron chi connectivity index (χ3n) is 3.61. The number of ether oxygens (including phenoxy) is 2. The SMILES string of the molecule is CCOC(=O)C(C(=O)OCC)C(C)(C)CC(=O)c1ccc(F)cc1. The summed E-state index contributed by atoms with van der Waals surface area (Å²) in [6, 6.07) is 5.12. The third kappa shape index (κ3) is 5.15. The smallest absolute Gasteiger partial charge is 0.320 e. The van der Waals surface area contributed by atoms with Crippen molar-refractivity contribution >= 4 is 17.7 Å². The zero-order chi connectivity index (χ0) is 18.3.